The van der Waals surface area contributed by atoms with Gasteiger partial charge in [-0.3, -0.25) is 9.59 Å². The molecule has 1 rings (SSSR count). The van der Waals surface area contributed by atoms with E-state index >= 15 is 0 Å². The summed E-state index contributed by atoms with van der Waals surface area (Å²) in [6.45, 7) is 2.22. The first-order valence-corrected chi connectivity index (χ1v) is 10.2. The molecule has 1 fully saturated rings. The van der Waals surface area contributed by atoms with E-state index in [1.54, 1.807) is 0 Å². The third kappa shape index (κ3) is 8.71. The number of unbranched alkanes of at least 4 members (excludes halogenated alkanes) is 7. The highest BCUT2D eigenvalue weighted by Gasteiger charge is 2.34. The van der Waals surface area contributed by atoms with E-state index in [0.29, 0.717) is 6.42 Å². The fourth-order valence-corrected chi connectivity index (χ4v) is 3.47. The number of allylic oxidation sites excluding steroid dienone is 4. The van der Waals surface area contributed by atoms with E-state index in [4.69, 9.17) is 11.6 Å². The average molecular weight is 369 g/mol. The summed E-state index contributed by atoms with van der Waals surface area (Å²) in [5.41, 5.74) is 0.887. The van der Waals surface area contributed by atoms with Crippen molar-refractivity contribution in [3.05, 3.63) is 23.8 Å². The first-order chi connectivity index (χ1) is 12.1. The Kier molecular flexibility index (Phi) is 11.6. The van der Waals surface area contributed by atoms with Crippen LogP contribution in [0, 0.1) is 5.92 Å². The summed E-state index contributed by atoms with van der Waals surface area (Å²) in [5, 5.41) is -0.375. The number of carbonyl (C=O) groups is 2. The van der Waals surface area contributed by atoms with Crippen molar-refractivity contribution >= 4 is 23.4 Å². The lowest BCUT2D eigenvalue weighted by molar-refractivity contribution is -0.140. The molecule has 0 heterocycles. The van der Waals surface area contributed by atoms with Crippen LogP contribution in [-0.2, 0) is 14.3 Å². The van der Waals surface area contributed by atoms with Gasteiger partial charge in [-0.1, -0.05) is 50.8 Å². The van der Waals surface area contributed by atoms with Gasteiger partial charge in [0.1, 0.15) is 0 Å². The molecular weight excluding hydrogens is 336 g/mol. The van der Waals surface area contributed by atoms with Crippen LogP contribution in [0.1, 0.15) is 77.6 Å². The quantitative estimate of drug-likeness (QED) is 0.144. The van der Waals surface area contributed by atoms with Crippen molar-refractivity contribution in [3.63, 3.8) is 0 Å². The molecule has 0 radical (unpaired) electrons. The Labute approximate surface area is 157 Å². The molecule has 2 unspecified atom stereocenters. The smallest absolute Gasteiger partial charge is 0.305 e. The molecular formula is C21H33ClO3. The van der Waals surface area contributed by atoms with Gasteiger partial charge in [0.05, 0.1) is 12.5 Å². The molecule has 0 aromatic carbocycles. The predicted molar refractivity (Wildman–Crippen MR) is 104 cm³/mol. The highest BCUT2D eigenvalue weighted by molar-refractivity contribution is 6.35. The second kappa shape index (κ2) is 13.2. The fraction of sp³-hybridized carbons (Fsp3) is 0.714. The molecule has 25 heavy (non-hydrogen) atoms. The number of rotatable bonds is 12. The summed E-state index contributed by atoms with van der Waals surface area (Å²) in [5.74, 6) is 0.117. The maximum Gasteiger partial charge on any atom is 0.305 e. The van der Waals surface area contributed by atoms with E-state index in [9.17, 15) is 9.59 Å². The molecule has 0 spiro atoms. The lowest BCUT2D eigenvalue weighted by Crippen LogP contribution is -2.06. The molecule has 1 saturated carbocycles. The predicted octanol–water partition coefficient (Wildman–Crippen LogP) is 5.76. The molecule has 0 aliphatic heterocycles. The molecule has 0 N–H and O–H groups in total. The van der Waals surface area contributed by atoms with Gasteiger partial charge in [0.15, 0.2) is 5.78 Å². The van der Waals surface area contributed by atoms with Crippen LogP contribution >= 0.6 is 11.6 Å². The lowest BCUT2D eigenvalue weighted by Gasteiger charge is -2.05. The zero-order chi connectivity index (χ0) is 18.5. The van der Waals surface area contributed by atoms with Gasteiger partial charge in [-0.05, 0) is 44.1 Å². The Hall–Kier alpha value is -1.09. The number of carbonyl (C=O) groups excluding carboxylic acids is 2. The van der Waals surface area contributed by atoms with Gasteiger partial charge < -0.3 is 4.74 Å². The first kappa shape index (κ1) is 22.0. The highest BCUT2D eigenvalue weighted by atomic mass is 35.5. The van der Waals surface area contributed by atoms with E-state index in [1.807, 2.05) is 0 Å². The summed E-state index contributed by atoms with van der Waals surface area (Å²) >= 11 is 6.17. The molecule has 2 atom stereocenters. The Morgan fingerprint density at radius 3 is 2.60 bits per heavy atom. The minimum atomic E-state index is -0.375. The topological polar surface area (TPSA) is 43.4 Å². The SMILES string of the molecule is CCCCCCC=CC1CC(Cl)C(=O)C1=CCCCCCC(=O)OC. The van der Waals surface area contributed by atoms with Crippen molar-refractivity contribution in [2.24, 2.45) is 5.92 Å². The molecule has 0 aromatic heterocycles. The normalized spacial score (nSPS) is 22.2. The lowest BCUT2D eigenvalue weighted by atomic mass is 9.99. The van der Waals surface area contributed by atoms with Gasteiger partial charge in [0, 0.05) is 12.3 Å². The Balaban J connectivity index is 2.37. The number of methoxy groups -OCH3 is 1. The van der Waals surface area contributed by atoms with Crippen molar-refractivity contribution < 1.29 is 14.3 Å². The number of Topliss-reactive ketones (excluding diaryl/α,β-unsaturated/α-hetero) is 1. The summed E-state index contributed by atoms with van der Waals surface area (Å²) in [4.78, 5) is 23.3. The van der Waals surface area contributed by atoms with Crippen molar-refractivity contribution in [1.29, 1.82) is 0 Å². The van der Waals surface area contributed by atoms with Crippen LogP contribution in [0.15, 0.2) is 23.8 Å². The van der Waals surface area contributed by atoms with Crippen molar-refractivity contribution in [1.82, 2.24) is 0 Å². The first-order valence-electron chi connectivity index (χ1n) is 9.72. The largest absolute Gasteiger partial charge is 0.469 e. The maximum absolute atomic E-state index is 12.2. The summed E-state index contributed by atoms with van der Waals surface area (Å²) < 4.78 is 4.63. The third-order valence-corrected chi connectivity index (χ3v) is 5.08. The molecule has 3 nitrogen and oxygen atoms in total. The van der Waals surface area contributed by atoms with Crippen LogP contribution in [0.25, 0.3) is 0 Å². The van der Waals surface area contributed by atoms with Gasteiger partial charge >= 0.3 is 5.97 Å². The van der Waals surface area contributed by atoms with Crippen LogP contribution in [0.3, 0.4) is 0 Å². The summed E-state index contributed by atoms with van der Waals surface area (Å²) in [7, 11) is 1.42. The van der Waals surface area contributed by atoms with Gasteiger partial charge in [0.25, 0.3) is 0 Å². The van der Waals surface area contributed by atoms with Gasteiger partial charge in [-0.2, -0.15) is 0 Å². The number of hydrogen-bond donors (Lipinski definition) is 0. The Morgan fingerprint density at radius 1 is 1.16 bits per heavy atom. The fourth-order valence-electron chi connectivity index (χ4n) is 3.15. The maximum atomic E-state index is 12.2. The second-order valence-corrected chi connectivity index (χ2v) is 7.31. The van der Waals surface area contributed by atoms with Gasteiger partial charge in [-0.15, -0.1) is 11.6 Å². The second-order valence-electron chi connectivity index (χ2n) is 6.79. The van der Waals surface area contributed by atoms with E-state index in [-0.39, 0.29) is 23.0 Å². The zero-order valence-corrected chi connectivity index (χ0v) is 16.5. The van der Waals surface area contributed by atoms with E-state index in [0.717, 1.165) is 44.1 Å². The monoisotopic (exact) mass is 368 g/mol. The number of halogens is 1. The number of hydrogen-bond acceptors (Lipinski definition) is 3. The molecule has 0 amide bonds. The summed E-state index contributed by atoms with van der Waals surface area (Å²) in [6, 6.07) is 0. The van der Waals surface area contributed by atoms with E-state index in [2.05, 4.69) is 29.9 Å². The van der Waals surface area contributed by atoms with E-state index in [1.165, 1.54) is 32.8 Å². The third-order valence-electron chi connectivity index (χ3n) is 4.70. The molecule has 1 aliphatic carbocycles. The molecule has 0 bridgehead atoms. The minimum Gasteiger partial charge on any atom is -0.469 e. The van der Waals surface area contributed by atoms with Crippen molar-refractivity contribution in [3.8, 4) is 0 Å². The standard InChI is InChI=1S/C21H33ClO3/c1-3-4-5-6-7-10-13-17-16-19(22)21(24)18(17)14-11-8-9-12-15-20(23)25-2/h10,13-14,17,19H,3-9,11-12,15-16H2,1-2H3. The molecule has 4 heteroatoms. The molecule has 1 aliphatic rings. The van der Waals surface area contributed by atoms with E-state index < -0.39 is 0 Å². The number of ether oxygens (including phenoxy) is 1. The van der Waals surface area contributed by atoms with Crippen LogP contribution < -0.4 is 0 Å². The minimum absolute atomic E-state index is 0.0943. The van der Waals surface area contributed by atoms with Crippen LogP contribution in [-0.4, -0.2) is 24.2 Å². The van der Waals surface area contributed by atoms with Crippen LogP contribution in [0.2, 0.25) is 0 Å². The van der Waals surface area contributed by atoms with Crippen LogP contribution in [0.4, 0.5) is 0 Å². The Morgan fingerprint density at radius 2 is 1.88 bits per heavy atom. The van der Waals surface area contributed by atoms with Gasteiger partial charge in [-0.25, -0.2) is 0 Å². The average Bonchev–Trinajstić information content (AvgIpc) is 2.88. The van der Waals surface area contributed by atoms with Crippen molar-refractivity contribution in [2.75, 3.05) is 7.11 Å². The number of ketones is 1. The van der Waals surface area contributed by atoms with Gasteiger partial charge in [0.2, 0.25) is 0 Å². The number of esters is 1. The zero-order valence-electron chi connectivity index (χ0n) is 15.8. The molecule has 142 valence electrons. The highest BCUT2D eigenvalue weighted by Crippen LogP contribution is 2.33. The molecule has 0 aromatic rings. The molecule has 0 saturated heterocycles. The van der Waals surface area contributed by atoms with Crippen molar-refractivity contribution in [2.45, 2.75) is 82.9 Å². The number of alkyl halides is 1. The van der Waals surface area contributed by atoms with Crippen LogP contribution in [0.5, 0.6) is 0 Å². The Bertz CT molecular complexity index is 468. The summed E-state index contributed by atoms with van der Waals surface area (Å²) in [6.07, 6.45) is 17.4.